The molecule has 0 aliphatic rings. The number of nitrogens with zero attached hydrogens (tertiary/aromatic N) is 3. The molecule has 1 heterocycles. The third kappa shape index (κ3) is 3.71. The first-order chi connectivity index (χ1) is 13.7. The molecule has 0 radical (unpaired) electrons. The number of hydrogen-bond donors (Lipinski definition) is 0. The molecule has 0 N–H and O–H groups in total. The number of esters is 1. The van der Waals surface area contributed by atoms with Gasteiger partial charge in [-0.05, 0) is 35.9 Å². The number of carbonyl (C=O) groups is 1. The molecule has 0 amide bonds. The van der Waals surface area contributed by atoms with Crippen LogP contribution in [0, 0.1) is 0 Å². The second-order valence-electron chi connectivity index (χ2n) is 6.32. The number of fused-ring (bicyclic) bond motifs is 1. The van der Waals surface area contributed by atoms with Gasteiger partial charge in [0, 0.05) is 5.56 Å². The third-order valence-electron chi connectivity index (χ3n) is 4.49. The minimum absolute atomic E-state index is 0.162. The van der Waals surface area contributed by atoms with Crippen molar-refractivity contribution < 1.29 is 14.3 Å². The van der Waals surface area contributed by atoms with Crippen LogP contribution in [0.4, 0.5) is 0 Å². The average Bonchev–Trinajstić information content (AvgIpc) is 3.15. The quantitative estimate of drug-likeness (QED) is 0.480. The zero-order valence-electron chi connectivity index (χ0n) is 15.4. The number of ether oxygens (including phenoxy) is 2. The van der Waals surface area contributed by atoms with Gasteiger partial charge in [0.1, 0.15) is 17.9 Å². The molecule has 140 valence electrons. The minimum atomic E-state index is -0.372. The van der Waals surface area contributed by atoms with E-state index in [1.54, 1.807) is 19.2 Å². The van der Waals surface area contributed by atoms with E-state index in [4.69, 9.17) is 9.47 Å². The van der Waals surface area contributed by atoms with Crippen molar-refractivity contribution in [3.63, 3.8) is 0 Å². The Morgan fingerprint density at radius 3 is 2.54 bits per heavy atom. The minimum Gasteiger partial charge on any atom is -0.496 e. The molecule has 3 aromatic carbocycles. The van der Waals surface area contributed by atoms with Crippen molar-refractivity contribution in [2.45, 2.75) is 13.2 Å². The van der Waals surface area contributed by atoms with Gasteiger partial charge in [0.05, 0.1) is 24.7 Å². The van der Waals surface area contributed by atoms with Crippen LogP contribution in [0.15, 0.2) is 72.8 Å². The zero-order valence-corrected chi connectivity index (χ0v) is 15.4. The number of rotatable bonds is 6. The Labute approximate surface area is 162 Å². The lowest BCUT2D eigenvalue weighted by Crippen LogP contribution is -2.07. The van der Waals surface area contributed by atoms with Gasteiger partial charge in [-0.25, -0.2) is 9.48 Å². The summed E-state index contributed by atoms with van der Waals surface area (Å²) in [4.78, 5) is 12.3. The number of aromatic nitrogens is 3. The van der Waals surface area contributed by atoms with Gasteiger partial charge in [0.25, 0.3) is 0 Å². The van der Waals surface area contributed by atoms with E-state index >= 15 is 0 Å². The SMILES string of the molecule is COc1ccccc1COC(=O)c1ccc(Cn2nnc3ccccc32)cc1. The Bertz CT molecular complexity index is 1100. The van der Waals surface area contributed by atoms with Crippen molar-refractivity contribution in [2.75, 3.05) is 7.11 Å². The number of methoxy groups -OCH3 is 1. The lowest BCUT2D eigenvalue weighted by atomic mass is 10.1. The Kier molecular flexibility index (Phi) is 5.01. The first-order valence-electron chi connectivity index (χ1n) is 8.91. The normalized spacial score (nSPS) is 10.8. The fourth-order valence-electron chi connectivity index (χ4n) is 3.00. The van der Waals surface area contributed by atoms with Crippen LogP contribution in [0.1, 0.15) is 21.5 Å². The number of hydrogen-bond acceptors (Lipinski definition) is 5. The topological polar surface area (TPSA) is 66.2 Å². The van der Waals surface area contributed by atoms with E-state index in [1.165, 1.54) is 0 Å². The van der Waals surface area contributed by atoms with Crippen LogP contribution >= 0.6 is 0 Å². The van der Waals surface area contributed by atoms with Gasteiger partial charge in [-0.1, -0.05) is 47.7 Å². The lowest BCUT2D eigenvalue weighted by Gasteiger charge is -2.09. The van der Waals surface area contributed by atoms with Crippen LogP contribution in [0.2, 0.25) is 0 Å². The third-order valence-corrected chi connectivity index (χ3v) is 4.49. The Morgan fingerprint density at radius 2 is 1.71 bits per heavy atom. The van der Waals surface area contributed by atoms with Gasteiger partial charge >= 0.3 is 5.97 Å². The Balaban J connectivity index is 1.42. The van der Waals surface area contributed by atoms with Gasteiger partial charge in [0.2, 0.25) is 0 Å². The predicted molar refractivity (Wildman–Crippen MR) is 105 cm³/mol. The second-order valence-corrected chi connectivity index (χ2v) is 6.32. The first kappa shape index (κ1) is 17.7. The first-order valence-corrected chi connectivity index (χ1v) is 8.91. The largest absolute Gasteiger partial charge is 0.496 e. The van der Waals surface area contributed by atoms with Crippen molar-refractivity contribution in [3.8, 4) is 5.75 Å². The highest BCUT2D eigenvalue weighted by Gasteiger charge is 2.10. The average molecular weight is 373 g/mol. The molecule has 0 aliphatic heterocycles. The predicted octanol–water partition coefficient (Wildman–Crippen LogP) is 3.85. The van der Waals surface area contributed by atoms with Gasteiger partial charge in [-0.2, -0.15) is 0 Å². The van der Waals surface area contributed by atoms with Crippen LogP contribution in [-0.4, -0.2) is 28.1 Å². The Morgan fingerprint density at radius 1 is 0.964 bits per heavy atom. The molecule has 0 spiro atoms. The molecular weight excluding hydrogens is 354 g/mol. The smallest absolute Gasteiger partial charge is 0.338 e. The van der Waals surface area contributed by atoms with Crippen LogP contribution in [0.25, 0.3) is 11.0 Å². The Hall–Kier alpha value is -3.67. The number of carbonyl (C=O) groups excluding carboxylic acids is 1. The van der Waals surface area contributed by atoms with Gasteiger partial charge in [0.15, 0.2) is 0 Å². The highest BCUT2D eigenvalue weighted by Crippen LogP contribution is 2.19. The number of benzene rings is 3. The molecule has 0 aliphatic carbocycles. The highest BCUT2D eigenvalue weighted by molar-refractivity contribution is 5.89. The molecule has 0 saturated carbocycles. The maximum atomic E-state index is 12.3. The molecule has 28 heavy (non-hydrogen) atoms. The summed E-state index contributed by atoms with van der Waals surface area (Å²) in [5.41, 5.74) is 4.19. The summed E-state index contributed by atoms with van der Waals surface area (Å²) < 4.78 is 12.5. The van der Waals surface area contributed by atoms with E-state index in [2.05, 4.69) is 10.3 Å². The molecule has 4 aromatic rings. The summed E-state index contributed by atoms with van der Waals surface area (Å²) in [5.74, 6) is 0.328. The van der Waals surface area contributed by atoms with Crippen LogP contribution in [-0.2, 0) is 17.9 Å². The van der Waals surface area contributed by atoms with E-state index in [0.29, 0.717) is 17.9 Å². The van der Waals surface area contributed by atoms with Gasteiger partial charge in [-0.3, -0.25) is 0 Å². The van der Waals surface area contributed by atoms with Crippen molar-refractivity contribution in [1.29, 1.82) is 0 Å². The van der Waals surface area contributed by atoms with Crippen molar-refractivity contribution in [1.82, 2.24) is 15.0 Å². The van der Waals surface area contributed by atoms with E-state index in [9.17, 15) is 4.79 Å². The standard InChI is InChI=1S/C22H19N3O3/c1-27-21-9-5-2-6-18(21)15-28-22(26)17-12-10-16(11-13-17)14-25-20-8-4-3-7-19(20)23-24-25/h2-13H,14-15H2,1H3. The molecule has 0 atom stereocenters. The van der Waals surface area contributed by atoms with E-state index in [0.717, 1.165) is 22.2 Å². The molecule has 0 saturated heterocycles. The second kappa shape index (κ2) is 7.92. The molecule has 4 rings (SSSR count). The fourth-order valence-corrected chi connectivity index (χ4v) is 3.00. The van der Waals surface area contributed by atoms with Gasteiger partial charge < -0.3 is 9.47 Å². The lowest BCUT2D eigenvalue weighted by molar-refractivity contribution is 0.0470. The summed E-state index contributed by atoms with van der Waals surface area (Å²) in [6, 6.07) is 22.6. The molecule has 1 aromatic heterocycles. The number of para-hydroxylation sites is 2. The van der Waals surface area contributed by atoms with E-state index in [-0.39, 0.29) is 12.6 Å². The summed E-state index contributed by atoms with van der Waals surface area (Å²) >= 11 is 0. The summed E-state index contributed by atoms with van der Waals surface area (Å²) in [6.07, 6.45) is 0. The molecule has 0 fully saturated rings. The van der Waals surface area contributed by atoms with E-state index < -0.39 is 0 Å². The van der Waals surface area contributed by atoms with Crippen molar-refractivity contribution in [3.05, 3.63) is 89.5 Å². The van der Waals surface area contributed by atoms with Crippen LogP contribution in [0.3, 0.4) is 0 Å². The summed E-state index contributed by atoms with van der Waals surface area (Å²) in [6.45, 7) is 0.743. The molecular formula is C22H19N3O3. The van der Waals surface area contributed by atoms with Crippen LogP contribution in [0.5, 0.6) is 5.75 Å². The summed E-state index contributed by atoms with van der Waals surface area (Å²) in [7, 11) is 1.59. The fraction of sp³-hybridized carbons (Fsp3) is 0.136. The molecule has 6 heteroatoms. The highest BCUT2D eigenvalue weighted by atomic mass is 16.5. The van der Waals surface area contributed by atoms with Gasteiger partial charge in [-0.15, -0.1) is 5.10 Å². The van der Waals surface area contributed by atoms with E-state index in [1.807, 2.05) is 65.3 Å². The summed E-state index contributed by atoms with van der Waals surface area (Å²) in [5, 5.41) is 8.35. The maximum absolute atomic E-state index is 12.3. The monoisotopic (exact) mass is 373 g/mol. The molecule has 6 nitrogen and oxygen atoms in total. The molecule has 0 unspecified atom stereocenters. The maximum Gasteiger partial charge on any atom is 0.338 e. The van der Waals surface area contributed by atoms with Crippen molar-refractivity contribution >= 4 is 17.0 Å². The van der Waals surface area contributed by atoms with Crippen LogP contribution < -0.4 is 4.74 Å². The van der Waals surface area contributed by atoms with Crippen molar-refractivity contribution in [2.24, 2.45) is 0 Å². The zero-order chi connectivity index (χ0) is 19.3. The molecule has 0 bridgehead atoms.